The summed E-state index contributed by atoms with van der Waals surface area (Å²) in [7, 11) is 0. The van der Waals surface area contributed by atoms with Gasteiger partial charge in [0.2, 0.25) is 0 Å². The number of piperidine rings is 1. The Morgan fingerprint density at radius 2 is 1.88 bits per heavy atom. The van der Waals surface area contributed by atoms with Crippen molar-refractivity contribution in [1.82, 2.24) is 9.47 Å². The van der Waals surface area contributed by atoms with E-state index in [-0.39, 0.29) is 12.0 Å². The Labute approximate surface area is 194 Å². The first-order chi connectivity index (χ1) is 15.9. The molecule has 5 rings (SSSR count). The normalized spacial score (nSPS) is 16.3. The summed E-state index contributed by atoms with van der Waals surface area (Å²) >= 11 is 0. The van der Waals surface area contributed by atoms with Gasteiger partial charge in [-0.15, -0.1) is 0 Å². The molecule has 33 heavy (non-hydrogen) atoms. The highest BCUT2D eigenvalue weighted by Gasteiger charge is 2.45. The quantitative estimate of drug-likeness (QED) is 0.639. The summed E-state index contributed by atoms with van der Waals surface area (Å²) < 4.78 is 14.7. The van der Waals surface area contributed by atoms with Crippen molar-refractivity contribution in [2.24, 2.45) is 5.73 Å². The van der Waals surface area contributed by atoms with Crippen molar-refractivity contribution in [2.75, 3.05) is 13.1 Å². The van der Waals surface area contributed by atoms with E-state index in [1.165, 1.54) is 0 Å². The number of carbonyl (C=O) groups excluding carboxylic acids is 1. The predicted molar refractivity (Wildman–Crippen MR) is 128 cm³/mol. The van der Waals surface area contributed by atoms with Gasteiger partial charge in [-0.3, -0.25) is 4.79 Å². The van der Waals surface area contributed by atoms with Gasteiger partial charge in [0.25, 0.3) is 5.91 Å². The number of carbonyl (C=O) groups is 1. The van der Waals surface area contributed by atoms with E-state index in [2.05, 4.69) is 22.8 Å². The molecule has 2 aromatic carbocycles. The fourth-order valence-electron chi connectivity index (χ4n) is 5.05. The third-order valence-corrected chi connectivity index (χ3v) is 6.69. The number of aryl methyl sites for hydroxylation is 1. The molecular weight excluding hydrogens is 414 g/mol. The molecular formula is C27H31N3O3. The number of fused-ring (bicyclic) bond motifs is 4. The molecule has 1 aromatic heterocycles. The predicted octanol–water partition coefficient (Wildman–Crippen LogP) is 4.56. The van der Waals surface area contributed by atoms with E-state index >= 15 is 0 Å². The van der Waals surface area contributed by atoms with Crippen LogP contribution in [0.5, 0.6) is 11.5 Å². The van der Waals surface area contributed by atoms with Crippen LogP contribution in [0.3, 0.4) is 0 Å². The van der Waals surface area contributed by atoms with Crippen LogP contribution in [0.25, 0.3) is 5.69 Å². The molecule has 6 heteroatoms. The third-order valence-electron chi connectivity index (χ3n) is 6.69. The number of ether oxygens (including phenoxy) is 2. The second-order valence-electron chi connectivity index (χ2n) is 9.25. The van der Waals surface area contributed by atoms with Crippen molar-refractivity contribution in [3.05, 3.63) is 77.1 Å². The van der Waals surface area contributed by atoms with E-state index < -0.39 is 5.60 Å². The van der Waals surface area contributed by atoms with Gasteiger partial charge in [-0.1, -0.05) is 12.1 Å². The van der Waals surface area contributed by atoms with Crippen LogP contribution in [0.2, 0.25) is 0 Å². The molecule has 1 fully saturated rings. The molecule has 2 aliphatic rings. The first-order valence-corrected chi connectivity index (χ1v) is 11.7. The standard InChI is InChI=1S/C27H31N3O3/c1-18(2)32-23-10-8-20(16-19(23)3)26(31)29-14-12-27(13-15-29)25-11-9-21(17-28)30(25)22-6-4-5-7-24(22)33-27/h4-11,16,18H,12-15,17,28H2,1-3H3. The summed E-state index contributed by atoms with van der Waals surface area (Å²) in [5.41, 5.74) is 10.5. The van der Waals surface area contributed by atoms with E-state index in [0.717, 1.165) is 47.0 Å². The number of para-hydroxylation sites is 2. The fraction of sp³-hybridized carbons (Fsp3) is 0.370. The second-order valence-corrected chi connectivity index (χ2v) is 9.25. The van der Waals surface area contributed by atoms with Gasteiger partial charge < -0.3 is 24.7 Å². The van der Waals surface area contributed by atoms with Gasteiger partial charge in [-0.25, -0.2) is 0 Å². The molecule has 2 aliphatic heterocycles. The summed E-state index contributed by atoms with van der Waals surface area (Å²) in [6, 6.07) is 18.0. The Bertz CT molecular complexity index is 1190. The van der Waals surface area contributed by atoms with Gasteiger partial charge in [0.1, 0.15) is 11.5 Å². The van der Waals surface area contributed by atoms with Gasteiger partial charge in [0.05, 0.1) is 17.5 Å². The van der Waals surface area contributed by atoms with Gasteiger partial charge >= 0.3 is 0 Å². The topological polar surface area (TPSA) is 69.7 Å². The number of amides is 1. The minimum atomic E-state index is -0.455. The van der Waals surface area contributed by atoms with Crippen LogP contribution in [-0.2, 0) is 12.1 Å². The average Bonchev–Trinajstić information content (AvgIpc) is 3.26. The van der Waals surface area contributed by atoms with E-state index in [4.69, 9.17) is 15.2 Å². The van der Waals surface area contributed by atoms with Crippen molar-refractivity contribution in [2.45, 2.75) is 51.9 Å². The average molecular weight is 446 g/mol. The SMILES string of the molecule is Cc1cc(C(=O)N2CCC3(CC2)Oc2ccccc2-n2c(CN)ccc23)ccc1OC(C)C. The molecule has 1 amide bonds. The molecule has 1 spiro atoms. The molecule has 0 aliphatic carbocycles. The van der Waals surface area contributed by atoms with E-state index in [9.17, 15) is 4.79 Å². The zero-order chi connectivity index (χ0) is 23.2. The van der Waals surface area contributed by atoms with Crippen LogP contribution in [-0.4, -0.2) is 34.6 Å². The maximum Gasteiger partial charge on any atom is 0.253 e. The minimum Gasteiger partial charge on any atom is -0.491 e. The van der Waals surface area contributed by atoms with E-state index in [1.54, 1.807) is 0 Å². The van der Waals surface area contributed by atoms with E-state index in [0.29, 0.717) is 25.2 Å². The van der Waals surface area contributed by atoms with E-state index in [1.807, 2.05) is 62.1 Å². The van der Waals surface area contributed by atoms with Crippen LogP contribution in [0.1, 0.15) is 54.0 Å². The monoisotopic (exact) mass is 445 g/mol. The third kappa shape index (κ3) is 3.68. The molecule has 0 radical (unpaired) electrons. The van der Waals surface area contributed by atoms with Crippen LogP contribution in [0.15, 0.2) is 54.6 Å². The molecule has 1 saturated heterocycles. The Morgan fingerprint density at radius 3 is 2.58 bits per heavy atom. The lowest BCUT2D eigenvalue weighted by molar-refractivity contribution is -0.00951. The minimum absolute atomic E-state index is 0.0540. The number of aromatic nitrogens is 1. The number of benzene rings is 2. The molecule has 6 nitrogen and oxygen atoms in total. The second kappa shape index (κ2) is 8.27. The maximum atomic E-state index is 13.3. The molecule has 2 N–H and O–H groups in total. The maximum absolute atomic E-state index is 13.3. The molecule has 3 heterocycles. The zero-order valence-electron chi connectivity index (χ0n) is 19.5. The summed E-state index contributed by atoms with van der Waals surface area (Å²) in [4.78, 5) is 15.2. The van der Waals surface area contributed by atoms with Crippen molar-refractivity contribution in [1.29, 1.82) is 0 Å². The Morgan fingerprint density at radius 1 is 1.12 bits per heavy atom. The van der Waals surface area contributed by atoms with Crippen molar-refractivity contribution >= 4 is 5.91 Å². The lowest BCUT2D eigenvalue weighted by Crippen LogP contribution is -2.50. The van der Waals surface area contributed by atoms with Crippen LogP contribution < -0.4 is 15.2 Å². The molecule has 0 atom stereocenters. The number of nitrogens with two attached hydrogens (primary N) is 1. The molecule has 172 valence electrons. The number of rotatable bonds is 4. The first-order valence-electron chi connectivity index (χ1n) is 11.7. The zero-order valence-corrected chi connectivity index (χ0v) is 19.5. The van der Waals surface area contributed by atoms with Gasteiger partial charge in [0.15, 0.2) is 5.60 Å². The number of hydrogen-bond donors (Lipinski definition) is 1. The summed E-state index contributed by atoms with van der Waals surface area (Å²) in [5, 5.41) is 0. The number of nitrogens with zero attached hydrogens (tertiary/aromatic N) is 2. The smallest absolute Gasteiger partial charge is 0.253 e. The highest BCUT2D eigenvalue weighted by atomic mass is 16.5. The summed E-state index contributed by atoms with van der Waals surface area (Å²) in [6.07, 6.45) is 1.56. The number of hydrogen-bond acceptors (Lipinski definition) is 4. The molecule has 0 bridgehead atoms. The van der Waals surface area contributed by atoms with Crippen molar-refractivity contribution < 1.29 is 14.3 Å². The van der Waals surface area contributed by atoms with Gasteiger partial charge in [-0.2, -0.15) is 0 Å². The lowest BCUT2D eigenvalue weighted by atomic mass is 9.86. The molecule has 0 saturated carbocycles. The Kier molecular flexibility index (Phi) is 5.41. The lowest BCUT2D eigenvalue weighted by Gasteiger charge is -2.45. The van der Waals surface area contributed by atoms with Crippen molar-refractivity contribution in [3.63, 3.8) is 0 Å². The van der Waals surface area contributed by atoms with Crippen LogP contribution in [0.4, 0.5) is 0 Å². The molecule has 3 aromatic rings. The highest BCUT2D eigenvalue weighted by molar-refractivity contribution is 5.94. The molecule has 0 unspecified atom stereocenters. The largest absolute Gasteiger partial charge is 0.491 e. The first kappa shape index (κ1) is 21.6. The summed E-state index contributed by atoms with van der Waals surface area (Å²) in [6.45, 7) is 7.71. The Balaban J connectivity index is 1.38. The highest BCUT2D eigenvalue weighted by Crippen LogP contribution is 2.46. The van der Waals surface area contributed by atoms with Crippen molar-refractivity contribution in [3.8, 4) is 17.2 Å². The Hall–Kier alpha value is -3.25. The van der Waals surface area contributed by atoms with Crippen LogP contribution >= 0.6 is 0 Å². The summed E-state index contributed by atoms with van der Waals surface area (Å²) in [5.74, 6) is 1.75. The number of likely N-dealkylation sites (tertiary alicyclic amines) is 1. The fourth-order valence-corrected chi connectivity index (χ4v) is 5.05. The van der Waals surface area contributed by atoms with Gasteiger partial charge in [0, 0.05) is 43.7 Å². The van der Waals surface area contributed by atoms with Gasteiger partial charge in [-0.05, 0) is 68.8 Å². The van der Waals surface area contributed by atoms with Crippen LogP contribution in [0, 0.1) is 6.92 Å².